The van der Waals surface area contributed by atoms with Crippen LogP contribution in [0.25, 0.3) is 0 Å². The molecule has 1 atom stereocenters. The van der Waals surface area contributed by atoms with Crippen LogP contribution in [-0.4, -0.2) is 18.3 Å². The lowest BCUT2D eigenvalue weighted by Gasteiger charge is -2.10. The van der Waals surface area contributed by atoms with Gasteiger partial charge in [-0.15, -0.1) is 11.8 Å². The van der Waals surface area contributed by atoms with Gasteiger partial charge >= 0.3 is 5.97 Å². The van der Waals surface area contributed by atoms with Crippen molar-refractivity contribution in [2.45, 2.75) is 18.7 Å². The van der Waals surface area contributed by atoms with Crippen molar-refractivity contribution in [3.8, 4) is 0 Å². The highest BCUT2D eigenvalue weighted by Crippen LogP contribution is 2.29. The molecule has 5 heteroatoms. The fraction of sp³-hybridized carbons (Fsp3) is 0.417. The maximum Gasteiger partial charge on any atom is 0.309 e. The first-order valence-electron chi connectivity index (χ1n) is 5.29. The molecule has 0 saturated carbocycles. The van der Waals surface area contributed by atoms with Crippen LogP contribution < -0.4 is 0 Å². The number of benzene rings is 1. The van der Waals surface area contributed by atoms with E-state index in [0.717, 1.165) is 4.90 Å². The summed E-state index contributed by atoms with van der Waals surface area (Å²) < 4.78 is 4.94. The van der Waals surface area contributed by atoms with Gasteiger partial charge in [-0.25, -0.2) is 0 Å². The van der Waals surface area contributed by atoms with Crippen LogP contribution >= 0.6 is 35.0 Å². The third-order valence-electron chi connectivity index (χ3n) is 2.08. The number of rotatable bonds is 5. The molecule has 94 valence electrons. The smallest absolute Gasteiger partial charge is 0.309 e. The Kier molecular flexibility index (Phi) is 6.17. The molecule has 0 aliphatic heterocycles. The Labute approximate surface area is 116 Å². The third kappa shape index (κ3) is 4.78. The zero-order valence-electron chi connectivity index (χ0n) is 9.70. The van der Waals surface area contributed by atoms with Gasteiger partial charge in [-0.2, -0.15) is 0 Å². The number of carbonyl (C=O) groups is 1. The van der Waals surface area contributed by atoms with E-state index in [1.807, 2.05) is 13.0 Å². The van der Waals surface area contributed by atoms with Crippen LogP contribution in [0, 0.1) is 5.92 Å². The van der Waals surface area contributed by atoms with E-state index in [1.54, 1.807) is 30.8 Å². The predicted molar refractivity (Wildman–Crippen MR) is 73.0 cm³/mol. The third-order valence-corrected chi connectivity index (χ3v) is 4.07. The number of ether oxygens (including phenoxy) is 1. The van der Waals surface area contributed by atoms with Gasteiger partial charge in [0.1, 0.15) is 0 Å². The van der Waals surface area contributed by atoms with Gasteiger partial charge in [-0.3, -0.25) is 4.79 Å². The molecule has 1 rings (SSSR count). The minimum atomic E-state index is -0.167. The molecule has 0 heterocycles. The minimum Gasteiger partial charge on any atom is -0.466 e. The van der Waals surface area contributed by atoms with Crippen LogP contribution in [-0.2, 0) is 9.53 Å². The van der Waals surface area contributed by atoms with E-state index in [9.17, 15) is 4.79 Å². The second-order valence-corrected chi connectivity index (χ2v) is 5.45. The molecule has 0 fully saturated rings. The van der Waals surface area contributed by atoms with Crippen LogP contribution in [0.1, 0.15) is 13.8 Å². The zero-order valence-corrected chi connectivity index (χ0v) is 12.0. The SMILES string of the molecule is CCOC(=O)C(C)CSc1ccc(Cl)c(Cl)c1. The first-order valence-corrected chi connectivity index (χ1v) is 7.03. The molecule has 2 nitrogen and oxygen atoms in total. The Balaban J connectivity index is 2.50. The van der Waals surface area contributed by atoms with Crippen molar-refractivity contribution in [1.82, 2.24) is 0 Å². The number of hydrogen-bond donors (Lipinski definition) is 0. The van der Waals surface area contributed by atoms with E-state index in [-0.39, 0.29) is 11.9 Å². The van der Waals surface area contributed by atoms with E-state index in [0.29, 0.717) is 22.4 Å². The van der Waals surface area contributed by atoms with Gasteiger partial charge in [0, 0.05) is 10.6 Å². The van der Waals surface area contributed by atoms with Crippen LogP contribution in [0.5, 0.6) is 0 Å². The Bertz CT molecular complexity index is 396. The van der Waals surface area contributed by atoms with Crippen molar-refractivity contribution in [3.63, 3.8) is 0 Å². The van der Waals surface area contributed by atoms with Crippen LogP contribution in [0.4, 0.5) is 0 Å². The average Bonchev–Trinajstić information content (AvgIpc) is 2.30. The standard InChI is InChI=1S/C12H14Cl2O2S/c1-3-16-12(15)8(2)7-17-9-4-5-10(13)11(14)6-9/h4-6,8H,3,7H2,1-2H3. The molecule has 0 aliphatic carbocycles. The van der Waals surface area contributed by atoms with Crippen molar-refractivity contribution < 1.29 is 9.53 Å². The number of hydrogen-bond acceptors (Lipinski definition) is 3. The Morgan fingerprint density at radius 2 is 2.12 bits per heavy atom. The van der Waals surface area contributed by atoms with Crippen molar-refractivity contribution in [2.75, 3.05) is 12.4 Å². The molecule has 17 heavy (non-hydrogen) atoms. The lowest BCUT2D eigenvalue weighted by atomic mass is 10.2. The normalized spacial score (nSPS) is 12.2. The maximum atomic E-state index is 11.4. The highest BCUT2D eigenvalue weighted by Gasteiger charge is 2.14. The van der Waals surface area contributed by atoms with Crippen LogP contribution in [0.2, 0.25) is 10.0 Å². The van der Waals surface area contributed by atoms with Crippen LogP contribution in [0.3, 0.4) is 0 Å². The minimum absolute atomic E-state index is 0.130. The fourth-order valence-corrected chi connectivity index (χ4v) is 2.45. The van der Waals surface area contributed by atoms with Gasteiger partial charge in [0.25, 0.3) is 0 Å². The Hall–Kier alpha value is -0.380. The fourth-order valence-electron chi connectivity index (χ4n) is 1.14. The van der Waals surface area contributed by atoms with Gasteiger partial charge in [0.15, 0.2) is 0 Å². The highest BCUT2D eigenvalue weighted by atomic mass is 35.5. The maximum absolute atomic E-state index is 11.4. The molecule has 0 N–H and O–H groups in total. The zero-order chi connectivity index (χ0) is 12.8. The largest absolute Gasteiger partial charge is 0.466 e. The van der Waals surface area contributed by atoms with Crippen LogP contribution in [0.15, 0.2) is 23.1 Å². The molecule has 0 spiro atoms. The van der Waals surface area contributed by atoms with Crippen molar-refractivity contribution in [3.05, 3.63) is 28.2 Å². The summed E-state index contributed by atoms with van der Waals surface area (Å²) in [7, 11) is 0. The van der Waals surface area contributed by atoms with Crippen molar-refractivity contribution in [1.29, 1.82) is 0 Å². The molecule has 1 unspecified atom stereocenters. The summed E-state index contributed by atoms with van der Waals surface area (Å²) in [6.45, 7) is 4.07. The van der Waals surface area contributed by atoms with E-state index in [4.69, 9.17) is 27.9 Å². The lowest BCUT2D eigenvalue weighted by molar-refractivity contribution is -0.146. The molecule has 0 aromatic heterocycles. The number of carbonyl (C=O) groups excluding carboxylic acids is 1. The molecule has 0 saturated heterocycles. The highest BCUT2D eigenvalue weighted by molar-refractivity contribution is 7.99. The molecular weight excluding hydrogens is 279 g/mol. The van der Waals surface area contributed by atoms with Crippen molar-refractivity contribution in [2.24, 2.45) is 5.92 Å². The Morgan fingerprint density at radius 3 is 2.71 bits per heavy atom. The van der Waals surface area contributed by atoms with Crippen molar-refractivity contribution >= 4 is 40.9 Å². The molecule has 0 amide bonds. The van der Waals surface area contributed by atoms with E-state index < -0.39 is 0 Å². The summed E-state index contributed by atoms with van der Waals surface area (Å²) in [6.07, 6.45) is 0. The topological polar surface area (TPSA) is 26.3 Å². The Morgan fingerprint density at radius 1 is 1.41 bits per heavy atom. The molecule has 0 radical (unpaired) electrons. The van der Waals surface area contributed by atoms with Gasteiger partial charge in [0.2, 0.25) is 0 Å². The molecule has 1 aromatic carbocycles. The monoisotopic (exact) mass is 292 g/mol. The summed E-state index contributed by atoms with van der Waals surface area (Å²) >= 11 is 13.3. The summed E-state index contributed by atoms with van der Waals surface area (Å²) in [5, 5.41) is 1.06. The van der Waals surface area contributed by atoms with Gasteiger partial charge in [-0.1, -0.05) is 30.1 Å². The second-order valence-electron chi connectivity index (χ2n) is 3.54. The number of halogens is 2. The lowest BCUT2D eigenvalue weighted by Crippen LogP contribution is -2.16. The van der Waals surface area contributed by atoms with Gasteiger partial charge in [-0.05, 0) is 25.1 Å². The summed E-state index contributed by atoms with van der Waals surface area (Å²) in [5.41, 5.74) is 0. The summed E-state index contributed by atoms with van der Waals surface area (Å²) in [4.78, 5) is 12.4. The summed E-state index contributed by atoms with van der Waals surface area (Å²) in [6, 6.07) is 5.43. The first kappa shape index (κ1) is 14.7. The van der Waals surface area contributed by atoms with Gasteiger partial charge < -0.3 is 4.74 Å². The van der Waals surface area contributed by atoms with E-state index in [1.165, 1.54) is 0 Å². The number of esters is 1. The molecule has 1 aromatic rings. The first-order chi connectivity index (χ1) is 8.04. The molecule has 0 aliphatic rings. The molecular formula is C12H14Cl2O2S. The number of thioether (sulfide) groups is 1. The van der Waals surface area contributed by atoms with E-state index >= 15 is 0 Å². The average molecular weight is 293 g/mol. The predicted octanol–water partition coefficient (Wildman–Crippen LogP) is 4.28. The summed E-state index contributed by atoms with van der Waals surface area (Å²) in [5.74, 6) is 0.367. The van der Waals surface area contributed by atoms with E-state index in [2.05, 4.69) is 0 Å². The quantitative estimate of drug-likeness (QED) is 0.598. The molecule has 0 bridgehead atoms. The second kappa shape index (κ2) is 7.14. The van der Waals surface area contributed by atoms with Gasteiger partial charge in [0.05, 0.1) is 22.6 Å².